The van der Waals surface area contributed by atoms with Gasteiger partial charge in [0.25, 0.3) is 5.91 Å². The average molecular weight is 402 g/mol. The van der Waals surface area contributed by atoms with Crippen LogP contribution in [0.5, 0.6) is 0 Å². The molecule has 4 nitrogen and oxygen atoms in total. The van der Waals surface area contributed by atoms with Crippen molar-refractivity contribution in [1.29, 1.82) is 0 Å². The third-order valence-electron chi connectivity index (χ3n) is 4.14. The molecule has 1 fully saturated rings. The second-order valence-corrected chi connectivity index (χ2v) is 8.23. The zero-order valence-corrected chi connectivity index (χ0v) is 16.7. The van der Waals surface area contributed by atoms with Crippen molar-refractivity contribution in [3.63, 3.8) is 0 Å². The van der Waals surface area contributed by atoms with E-state index in [2.05, 4.69) is 22.0 Å². The van der Waals surface area contributed by atoms with E-state index >= 15 is 0 Å². The predicted molar refractivity (Wildman–Crippen MR) is 111 cm³/mol. The summed E-state index contributed by atoms with van der Waals surface area (Å²) in [4.78, 5) is 23.3. The fourth-order valence-corrected chi connectivity index (χ4v) is 5.45. The Morgan fingerprint density at radius 3 is 2.65 bits per heavy atom. The molecule has 2 aromatic rings. The van der Waals surface area contributed by atoms with Gasteiger partial charge in [-0.3, -0.25) is 9.69 Å². The van der Waals surface area contributed by atoms with Crippen LogP contribution in [0.15, 0.2) is 68.4 Å². The van der Waals surface area contributed by atoms with Gasteiger partial charge in [-0.05, 0) is 49.0 Å². The van der Waals surface area contributed by atoms with E-state index in [0.717, 1.165) is 26.2 Å². The van der Waals surface area contributed by atoms with Gasteiger partial charge in [0.15, 0.2) is 5.17 Å². The van der Waals surface area contributed by atoms with Crippen LogP contribution in [0, 0.1) is 0 Å². The predicted octanol–water partition coefficient (Wildman–Crippen LogP) is 5.33. The summed E-state index contributed by atoms with van der Waals surface area (Å²) >= 11 is 9.11. The summed E-state index contributed by atoms with van der Waals surface area (Å²) in [5.41, 5.74) is 1.87. The van der Waals surface area contributed by atoms with Crippen LogP contribution in [0.25, 0.3) is 0 Å². The van der Waals surface area contributed by atoms with Crippen molar-refractivity contribution in [3.8, 4) is 0 Å². The number of anilines is 1. The summed E-state index contributed by atoms with van der Waals surface area (Å²) in [6.07, 6.45) is 0. The van der Waals surface area contributed by atoms with E-state index in [1.54, 1.807) is 22.7 Å². The standard InChI is InChI=1S/C19H16ClN3OS2/c1-3-23-17(24)16(18-22(2)14-9-4-5-10-15(14)25-18)26-19(23)21-13-8-6-7-12(20)11-13/h4-11H,3H2,1-2H3/b18-16-,21-19?. The van der Waals surface area contributed by atoms with Crippen LogP contribution >= 0.6 is 35.1 Å². The summed E-state index contributed by atoms with van der Waals surface area (Å²) in [6, 6.07) is 15.5. The summed E-state index contributed by atoms with van der Waals surface area (Å²) in [7, 11) is 2.00. The van der Waals surface area contributed by atoms with Gasteiger partial charge in [0, 0.05) is 23.5 Å². The lowest BCUT2D eigenvalue weighted by molar-refractivity contribution is -0.122. The smallest absolute Gasteiger partial charge is 0.269 e. The van der Waals surface area contributed by atoms with Crippen molar-refractivity contribution in [3.05, 3.63) is 63.5 Å². The van der Waals surface area contributed by atoms with Gasteiger partial charge in [-0.1, -0.05) is 41.6 Å². The maximum atomic E-state index is 13.0. The minimum Gasteiger partial charge on any atom is -0.337 e. The second-order valence-electron chi connectivity index (χ2n) is 5.79. The van der Waals surface area contributed by atoms with Gasteiger partial charge in [-0.25, -0.2) is 4.99 Å². The molecule has 0 bridgehead atoms. The molecule has 2 heterocycles. The number of rotatable bonds is 2. The quantitative estimate of drug-likeness (QED) is 0.637. The van der Waals surface area contributed by atoms with E-state index < -0.39 is 0 Å². The second kappa shape index (κ2) is 7.02. The summed E-state index contributed by atoms with van der Waals surface area (Å²) in [6.45, 7) is 2.53. The number of benzene rings is 2. The number of amides is 1. The fourth-order valence-electron chi connectivity index (χ4n) is 2.85. The Morgan fingerprint density at radius 2 is 1.92 bits per heavy atom. The Labute approximate surface area is 165 Å². The third kappa shape index (κ3) is 3.02. The van der Waals surface area contributed by atoms with Crippen molar-refractivity contribution in [2.24, 2.45) is 4.99 Å². The SMILES string of the molecule is CCN1C(=O)/C(=C2/Sc3ccccc3N2C)SC1=Nc1cccc(Cl)c1. The number of hydrogen-bond donors (Lipinski definition) is 0. The van der Waals surface area contributed by atoms with Crippen LogP contribution in [-0.2, 0) is 4.79 Å². The van der Waals surface area contributed by atoms with E-state index in [-0.39, 0.29) is 5.91 Å². The molecule has 1 amide bonds. The highest BCUT2D eigenvalue weighted by atomic mass is 35.5. The van der Waals surface area contributed by atoms with Gasteiger partial charge in [-0.15, -0.1) is 0 Å². The Kier molecular flexibility index (Phi) is 4.73. The lowest BCUT2D eigenvalue weighted by atomic mass is 10.3. The molecule has 0 unspecified atom stereocenters. The fraction of sp³-hybridized carbons (Fsp3) is 0.158. The first-order chi connectivity index (χ1) is 12.6. The number of nitrogens with zero attached hydrogens (tertiary/aromatic N) is 3. The van der Waals surface area contributed by atoms with Crippen molar-refractivity contribution in [2.45, 2.75) is 11.8 Å². The number of hydrogen-bond acceptors (Lipinski definition) is 5. The molecule has 0 spiro atoms. The van der Waals surface area contributed by atoms with Gasteiger partial charge >= 0.3 is 0 Å². The first kappa shape index (κ1) is 17.5. The molecular formula is C19H16ClN3OS2. The zero-order valence-electron chi connectivity index (χ0n) is 14.3. The highest BCUT2D eigenvalue weighted by Gasteiger charge is 2.38. The Bertz CT molecular complexity index is 957. The number of halogens is 1. The molecule has 2 aliphatic heterocycles. The molecule has 132 valence electrons. The molecule has 0 N–H and O–H groups in total. The van der Waals surface area contributed by atoms with Crippen LogP contribution in [0.2, 0.25) is 5.02 Å². The van der Waals surface area contributed by atoms with E-state index in [1.165, 1.54) is 11.8 Å². The lowest BCUT2D eigenvalue weighted by Gasteiger charge is -2.15. The van der Waals surface area contributed by atoms with Crippen LogP contribution < -0.4 is 4.90 Å². The maximum Gasteiger partial charge on any atom is 0.269 e. The topological polar surface area (TPSA) is 35.9 Å². The molecule has 7 heteroatoms. The number of aliphatic imine (C=N–C) groups is 1. The molecule has 1 saturated heterocycles. The molecule has 26 heavy (non-hydrogen) atoms. The van der Waals surface area contributed by atoms with Gasteiger partial charge in [-0.2, -0.15) is 0 Å². The number of thioether (sulfide) groups is 2. The van der Waals surface area contributed by atoms with Crippen molar-refractivity contribution < 1.29 is 4.79 Å². The molecule has 2 aliphatic rings. The number of likely N-dealkylation sites (N-methyl/N-ethyl adjacent to an activating group) is 1. The van der Waals surface area contributed by atoms with Gasteiger partial charge in [0.05, 0.1) is 16.4 Å². The van der Waals surface area contributed by atoms with Gasteiger partial charge < -0.3 is 4.90 Å². The molecule has 4 rings (SSSR count). The van der Waals surface area contributed by atoms with Gasteiger partial charge in [0.2, 0.25) is 0 Å². The zero-order chi connectivity index (χ0) is 18.3. The summed E-state index contributed by atoms with van der Waals surface area (Å²) in [5.74, 6) is 0.000402. The molecule has 0 aromatic heterocycles. The van der Waals surface area contributed by atoms with Crippen molar-refractivity contribution >= 4 is 57.6 Å². The minimum absolute atomic E-state index is 0.000402. The molecule has 0 aliphatic carbocycles. The molecule has 0 saturated carbocycles. The van der Waals surface area contributed by atoms with E-state index in [4.69, 9.17) is 11.6 Å². The lowest BCUT2D eigenvalue weighted by Crippen LogP contribution is -2.29. The largest absolute Gasteiger partial charge is 0.337 e. The number of fused-ring (bicyclic) bond motifs is 1. The Hall–Kier alpha value is -1.89. The molecule has 2 aromatic carbocycles. The summed E-state index contributed by atoms with van der Waals surface area (Å²) < 4.78 is 0. The first-order valence-electron chi connectivity index (χ1n) is 8.17. The molecular weight excluding hydrogens is 386 g/mol. The van der Waals surface area contributed by atoms with Crippen LogP contribution in [-0.4, -0.2) is 29.6 Å². The Balaban J connectivity index is 1.73. The highest BCUT2D eigenvalue weighted by molar-refractivity contribution is 8.19. The van der Waals surface area contributed by atoms with Gasteiger partial charge in [0.1, 0.15) is 4.91 Å². The monoisotopic (exact) mass is 401 g/mol. The highest BCUT2D eigenvalue weighted by Crippen LogP contribution is 2.49. The van der Waals surface area contributed by atoms with E-state index in [0.29, 0.717) is 16.7 Å². The number of carbonyl (C=O) groups excluding carboxylic acids is 1. The minimum atomic E-state index is 0.000402. The number of amidine groups is 1. The van der Waals surface area contributed by atoms with Crippen LogP contribution in [0.1, 0.15) is 6.92 Å². The van der Waals surface area contributed by atoms with Crippen LogP contribution in [0.3, 0.4) is 0 Å². The maximum absolute atomic E-state index is 13.0. The van der Waals surface area contributed by atoms with Crippen molar-refractivity contribution in [2.75, 3.05) is 18.5 Å². The van der Waals surface area contributed by atoms with Crippen LogP contribution in [0.4, 0.5) is 11.4 Å². The van der Waals surface area contributed by atoms with E-state index in [1.807, 2.05) is 44.3 Å². The number of para-hydroxylation sites is 1. The summed E-state index contributed by atoms with van der Waals surface area (Å²) in [5, 5.41) is 2.27. The first-order valence-corrected chi connectivity index (χ1v) is 10.2. The average Bonchev–Trinajstić information content (AvgIpc) is 3.12. The van der Waals surface area contributed by atoms with Crippen molar-refractivity contribution in [1.82, 2.24) is 4.90 Å². The van der Waals surface area contributed by atoms with E-state index in [9.17, 15) is 4.79 Å². The normalized spacial score (nSPS) is 21.0. The third-order valence-corrected chi connectivity index (χ3v) is 6.81. The Morgan fingerprint density at radius 1 is 1.12 bits per heavy atom. The number of carbonyl (C=O) groups is 1. The molecule has 0 radical (unpaired) electrons. The molecule has 0 atom stereocenters.